The Morgan fingerprint density at radius 1 is 1.09 bits per heavy atom. The van der Waals surface area contributed by atoms with Gasteiger partial charge in [-0.3, -0.25) is 4.79 Å². The van der Waals surface area contributed by atoms with Crippen LogP contribution in [-0.4, -0.2) is 12.0 Å². The molecule has 22 heavy (non-hydrogen) atoms. The fourth-order valence-corrected chi connectivity index (χ4v) is 2.85. The fourth-order valence-electron chi connectivity index (χ4n) is 2.85. The third-order valence-electron chi connectivity index (χ3n) is 4.01. The second kappa shape index (κ2) is 5.84. The lowest BCUT2D eigenvalue weighted by Gasteiger charge is -2.34. The molecule has 1 heterocycles. The molecule has 0 aromatic heterocycles. The minimum atomic E-state index is -0.389. The molecule has 2 aromatic rings. The van der Waals surface area contributed by atoms with Gasteiger partial charge in [0, 0.05) is 0 Å². The van der Waals surface area contributed by atoms with Crippen LogP contribution in [0.15, 0.2) is 42.5 Å². The summed E-state index contributed by atoms with van der Waals surface area (Å²) in [5.41, 5.74) is 4.34. The van der Waals surface area contributed by atoms with Crippen molar-refractivity contribution in [1.29, 1.82) is 0 Å². The van der Waals surface area contributed by atoms with Crippen molar-refractivity contribution in [1.82, 2.24) is 0 Å². The van der Waals surface area contributed by atoms with E-state index in [1.165, 1.54) is 5.56 Å². The van der Waals surface area contributed by atoms with Crippen molar-refractivity contribution in [2.45, 2.75) is 39.8 Å². The molecule has 0 bridgehead atoms. The van der Waals surface area contributed by atoms with E-state index in [1.54, 1.807) is 0 Å². The number of hydrogen-bond donors (Lipinski definition) is 0. The minimum Gasteiger partial charge on any atom is -0.478 e. The van der Waals surface area contributed by atoms with Gasteiger partial charge in [0.15, 0.2) is 6.10 Å². The lowest BCUT2D eigenvalue weighted by Crippen LogP contribution is -2.45. The molecule has 0 radical (unpaired) electrons. The van der Waals surface area contributed by atoms with E-state index in [-0.39, 0.29) is 12.0 Å². The van der Waals surface area contributed by atoms with Gasteiger partial charge in [0.25, 0.3) is 5.91 Å². The van der Waals surface area contributed by atoms with Crippen molar-refractivity contribution >= 4 is 11.6 Å². The fraction of sp³-hybridized carbons (Fsp3) is 0.316. The van der Waals surface area contributed by atoms with Crippen LogP contribution < -0.4 is 9.64 Å². The first-order valence-corrected chi connectivity index (χ1v) is 7.72. The van der Waals surface area contributed by atoms with Crippen molar-refractivity contribution in [3.8, 4) is 5.75 Å². The van der Waals surface area contributed by atoms with Gasteiger partial charge in [-0.15, -0.1) is 0 Å². The van der Waals surface area contributed by atoms with Crippen LogP contribution in [0.4, 0.5) is 5.69 Å². The summed E-state index contributed by atoms with van der Waals surface area (Å²) in [7, 11) is 0. The standard InChI is InChI=1S/C19H21NO2/c1-4-17-19(21)20(12-15-7-5-6-13(2)10-15)16-11-14(3)8-9-18(16)22-17/h5-11,17H,4,12H2,1-3H3. The van der Waals surface area contributed by atoms with Crippen LogP contribution in [0.5, 0.6) is 5.75 Å². The van der Waals surface area contributed by atoms with Crippen LogP contribution >= 0.6 is 0 Å². The highest BCUT2D eigenvalue weighted by atomic mass is 16.5. The highest BCUT2D eigenvalue weighted by Crippen LogP contribution is 2.36. The normalized spacial score (nSPS) is 17.1. The SMILES string of the molecule is CCC1Oc2ccc(C)cc2N(Cc2cccc(C)c2)C1=O. The number of rotatable bonds is 3. The molecular formula is C19H21NO2. The Hall–Kier alpha value is -2.29. The first kappa shape index (κ1) is 14.6. The Bertz CT molecular complexity index is 708. The van der Waals surface area contributed by atoms with Crippen molar-refractivity contribution in [2.75, 3.05) is 4.90 Å². The van der Waals surface area contributed by atoms with Gasteiger partial charge in [-0.2, -0.15) is 0 Å². The number of carbonyl (C=O) groups excluding carboxylic acids is 1. The van der Waals surface area contributed by atoms with Gasteiger partial charge in [-0.05, 0) is 43.5 Å². The van der Waals surface area contributed by atoms with Crippen LogP contribution in [0.25, 0.3) is 0 Å². The van der Waals surface area contributed by atoms with Crippen LogP contribution in [0, 0.1) is 13.8 Å². The molecular weight excluding hydrogens is 274 g/mol. The summed E-state index contributed by atoms with van der Waals surface area (Å²) in [5.74, 6) is 0.840. The van der Waals surface area contributed by atoms with Crippen LogP contribution in [0.2, 0.25) is 0 Å². The summed E-state index contributed by atoms with van der Waals surface area (Å²) in [6.45, 7) is 6.66. The number of anilines is 1. The van der Waals surface area contributed by atoms with Gasteiger partial charge in [-0.1, -0.05) is 42.8 Å². The molecule has 0 N–H and O–H groups in total. The summed E-state index contributed by atoms with van der Waals surface area (Å²) in [5, 5.41) is 0. The molecule has 1 unspecified atom stereocenters. The Balaban J connectivity index is 2.00. The highest BCUT2D eigenvalue weighted by molar-refractivity contribution is 6.00. The average molecular weight is 295 g/mol. The van der Waals surface area contributed by atoms with Gasteiger partial charge < -0.3 is 9.64 Å². The Morgan fingerprint density at radius 2 is 1.86 bits per heavy atom. The maximum absolute atomic E-state index is 12.7. The van der Waals surface area contributed by atoms with E-state index in [0.29, 0.717) is 13.0 Å². The largest absolute Gasteiger partial charge is 0.478 e. The number of hydrogen-bond acceptors (Lipinski definition) is 2. The molecule has 0 aliphatic carbocycles. The number of ether oxygens (including phenoxy) is 1. The maximum Gasteiger partial charge on any atom is 0.268 e. The topological polar surface area (TPSA) is 29.5 Å². The van der Waals surface area contributed by atoms with E-state index in [2.05, 4.69) is 25.1 Å². The average Bonchev–Trinajstić information content (AvgIpc) is 2.50. The number of amides is 1. The molecule has 114 valence electrons. The van der Waals surface area contributed by atoms with Crippen LogP contribution in [0.3, 0.4) is 0 Å². The van der Waals surface area contributed by atoms with Gasteiger partial charge in [0.1, 0.15) is 5.75 Å². The molecule has 1 aliphatic rings. The van der Waals surface area contributed by atoms with E-state index < -0.39 is 0 Å². The molecule has 0 saturated carbocycles. The van der Waals surface area contributed by atoms with Crippen LogP contribution in [0.1, 0.15) is 30.0 Å². The second-order valence-electron chi connectivity index (χ2n) is 5.90. The van der Waals surface area contributed by atoms with Gasteiger partial charge in [0.2, 0.25) is 0 Å². The molecule has 2 aromatic carbocycles. The van der Waals surface area contributed by atoms with Crippen molar-refractivity contribution in [3.63, 3.8) is 0 Å². The molecule has 3 rings (SSSR count). The Morgan fingerprint density at radius 3 is 2.59 bits per heavy atom. The first-order chi connectivity index (χ1) is 10.6. The number of benzene rings is 2. The molecule has 3 nitrogen and oxygen atoms in total. The van der Waals surface area contributed by atoms with E-state index in [9.17, 15) is 4.79 Å². The maximum atomic E-state index is 12.7. The monoisotopic (exact) mass is 295 g/mol. The summed E-state index contributed by atoms with van der Waals surface area (Å²) in [4.78, 5) is 14.6. The van der Waals surface area contributed by atoms with Crippen molar-refractivity contribution in [2.24, 2.45) is 0 Å². The number of aryl methyl sites for hydroxylation is 2. The zero-order chi connectivity index (χ0) is 15.7. The predicted molar refractivity (Wildman–Crippen MR) is 88.3 cm³/mol. The molecule has 0 saturated heterocycles. The predicted octanol–water partition coefficient (Wildman–Crippen LogP) is 4.01. The van der Waals surface area contributed by atoms with Gasteiger partial charge in [-0.25, -0.2) is 0 Å². The van der Waals surface area contributed by atoms with Gasteiger partial charge in [0.05, 0.1) is 12.2 Å². The van der Waals surface area contributed by atoms with E-state index in [1.807, 2.05) is 43.0 Å². The first-order valence-electron chi connectivity index (χ1n) is 7.72. The summed E-state index contributed by atoms with van der Waals surface area (Å²) >= 11 is 0. The molecule has 1 atom stereocenters. The molecule has 0 spiro atoms. The molecule has 3 heteroatoms. The molecule has 1 aliphatic heterocycles. The van der Waals surface area contributed by atoms with E-state index >= 15 is 0 Å². The zero-order valence-electron chi connectivity index (χ0n) is 13.3. The highest BCUT2D eigenvalue weighted by Gasteiger charge is 2.33. The summed E-state index contributed by atoms with van der Waals surface area (Å²) in [6.07, 6.45) is 0.288. The quantitative estimate of drug-likeness (QED) is 0.856. The summed E-state index contributed by atoms with van der Waals surface area (Å²) in [6, 6.07) is 14.3. The third kappa shape index (κ3) is 2.71. The van der Waals surface area contributed by atoms with Crippen molar-refractivity contribution in [3.05, 3.63) is 59.2 Å². The second-order valence-corrected chi connectivity index (χ2v) is 5.90. The van der Waals surface area contributed by atoms with Gasteiger partial charge >= 0.3 is 0 Å². The Kier molecular flexibility index (Phi) is 3.88. The molecule has 1 amide bonds. The number of carbonyl (C=O) groups is 1. The summed E-state index contributed by atoms with van der Waals surface area (Å²) < 4.78 is 5.85. The minimum absolute atomic E-state index is 0.0436. The smallest absolute Gasteiger partial charge is 0.268 e. The Labute approximate surface area is 131 Å². The number of fused-ring (bicyclic) bond motifs is 1. The zero-order valence-corrected chi connectivity index (χ0v) is 13.3. The molecule has 0 fully saturated rings. The number of nitrogens with zero attached hydrogens (tertiary/aromatic N) is 1. The van der Waals surface area contributed by atoms with E-state index in [0.717, 1.165) is 22.6 Å². The van der Waals surface area contributed by atoms with E-state index in [4.69, 9.17) is 4.74 Å². The third-order valence-corrected chi connectivity index (χ3v) is 4.01. The lowest BCUT2D eigenvalue weighted by molar-refractivity contribution is -0.126. The lowest BCUT2D eigenvalue weighted by atomic mass is 10.1. The van der Waals surface area contributed by atoms with Crippen LogP contribution in [-0.2, 0) is 11.3 Å². The van der Waals surface area contributed by atoms with Crippen molar-refractivity contribution < 1.29 is 9.53 Å².